The van der Waals surface area contributed by atoms with Crippen LogP contribution in [0.2, 0.25) is 4.47 Å². The fourth-order valence-electron chi connectivity index (χ4n) is 1.37. The molecule has 0 saturated heterocycles. The number of hydrogen-bond acceptors (Lipinski definition) is 6. The van der Waals surface area contributed by atoms with Crippen molar-refractivity contribution in [3.63, 3.8) is 0 Å². The summed E-state index contributed by atoms with van der Waals surface area (Å²) < 4.78 is 5.33. The molecule has 0 saturated carbocycles. The standard InChI is InChI=1S/C9H6ClN3O3S/c1-16-7-5(8-11-12-9(10)17-8)3-2-4-6(7)13(14)15/h2-4H,1H3. The first-order chi connectivity index (χ1) is 8.13. The van der Waals surface area contributed by atoms with E-state index < -0.39 is 4.92 Å². The fraction of sp³-hybridized carbons (Fsp3) is 0.111. The fourth-order valence-corrected chi connectivity index (χ4v) is 2.22. The molecule has 0 amide bonds. The second-order valence-electron chi connectivity index (χ2n) is 2.98. The van der Waals surface area contributed by atoms with Gasteiger partial charge in [0.05, 0.1) is 17.6 Å². The van der Waals surface area contributed by atoms with E-state index >= 15 is 0 Å². The van der Waals surface area contributed by atoms with Gasteiger partial charge in [-0.15, -0.1) is 10.2 Å². The Morgan fingerprint density at radius 2 is 2.24 bits per heavy atom. The Labute approximate surface area is 105 Å². The molecule has 1 aromatic heterocycles. The molecule has 0 unspecified atom stereocenters. The van der Waals surface area contributed by atoms with Crippen LogP contribution in [-0.4, -0.2) is 22.2 Å². The zero-order chi connectivity index (χ0) is 12.4. The molecule has 0 N–H and O–H groups in total. The summed E-state index contributed by atoms with van der Waals surface area (Å²) in [6.07, 6.45) is 0. The average molecular weight is 272 g/mol. The molecule has 17 heavy (non-hydrogen) atoms. The van der Waals surface area contributed by atoms with Crippen molar-refractivity contribution in [1.82, 2.24) is 10.2 Å². The molecule has 2 aromatic rings. The molecule has 0 radical (unpaired) electrons. The Balaban J connectivity index is 2.61. The first kappa shape index (κ1) is 11.7. The molecule has 1 heterocycles. The van der Waals surface area contributed by atoms with Crippen LogP contribution in [0.5, 0.6) is 5.75 Å². The van der Waals surface area contributed by atoms with Gasteiger partial charge in [0.2, 0.25) is 10.2 Å². The number of hydrogen-bond donors (Lipinski definition) is 0. The van der Waals surface area contributed by atoms with E-state index in [1.54, 1.807) is 12.1 Å². The minimum atomic E-state index is -0.509. The number of nitro benzene ring substituents is 1. The molecule has 8 heteroatoms. The minimum absolute atomic E-state index is 0.115. The molecule has 0 aliphatic heterocycles. The van der Waals surface area contributed by atoms with E-state index in [-0.39, 0.29) is 15.9 Å². The molecule has 0 fully saturated rings. The highest BCUT2D eigenvalue weighted by Crippen LogP contribution is 2.39. The highest BCUT2D eigenvalue weighted by atomic mass is 35.5. The third-order valence-corrected chi connectivity index (χ3v) is 3.08. The van der Waals surface area contributed by atoms with Crippen molar-refractivity contribution in [2.45, 2.75) is 0 Å². The van der Waals surface area contributed by atoms with Crippen LogP contribution in [0.4, 0.5) is 5.69 Å². The van der Waals surface area contributed by atoms with Crippen molar-refractivity contribution >= 4 is 28.6 Å². The van der Waals surface area contributed by atoms with E-state index in [9.17, 15) is 10.1 Å². The average Bonchev–Trinajstić information content (AvgIpc) is 2.74. The van der Waals surface area contributed by atoms with Gasteiger partial charge in [0.25, 0.3) is 0 Å². The largest absolute Gasteiger partial charge is 0.490 e. The summed E-state index contributed by atoms with van der Waals surface area (Å²) >= 11 is 6.81. The molecule has 0 atom stereocenters. The topological polar surface area (TPSA) is 78.2 Å². The summed E-state index contributed by atoms with van der Waals surface area (Å²) in [5.41, 5.74) is 0.391. The van der Waals surface area contributed by atoms with E-state index in [4.69, 9.17) is 16.3 Å². The minimum Gasteiger partial charge on any atom is -0.490 e. The Morgan fingerprint density at radius 1 is 1.47 bits per heavy atom. The maximum atomic E-state index is 10.8. The van der Waals surface area contributed by atoms with Crippen molar-refractivity contribution in [2.75, 3.05) is 7.11 Å². The normalized spacial score (nSPS) is 10.2. The van der Waals surface area contributed by atoms with Gasteiger partial charge in [-0.25, -0.2) is 0 Å². The molecule has 2 rings (SSSR count). The third kappa shape index (κ3) is 2.20. The monoisotopic (exact) mass is 271 g/mol. The van der Waals surface area contributed by atoms with Crippen molar-refractivity contribution in [3.8, 4) is 16.3 Å². The number of nitro groups is 1. The van der Waals surface area contributed by atoms with Crippen LogP contribution in [0.15, 0.2) is 18.2 Å². The Kier molecular flexibility index (Phi) is 3.21. The van der Waals surface area contributed by atoms with Crippen LogP contribution >= 0.6 is 22.9 Å². The summed E-state index contributed by atoms with van der Waals surface area (Å²) in [4.78, 5) is 10.3. The summed E-state index contributed by atoms with van der Waals surface area (Å²) in [7, 11) is 1.37. The van der Waals surface area contributed by atoms with Crippen molar-refractivity contribution in [3.05, 3.63) is 32.8 Å². The summed E-state index contributed by atoms with van der Waals surface area (Å²) in [6.45, 7) is 0. The van der Waals surface area contributed by atoms with Crippen LogP contribution < -0.4 is 4.74 Å². The van der Waals surface area contributed by atoms with Crippen LogP contribution in [0.1, 0.15) is 0 Å². The molecular formula is C9H6ClN3O3S. The van der Waals surface area contributed by atoms with Gasteiger partial charge in [-0.1, -0.05) is 17.4 Å². The third-order valence-electron chi connectivity index (χ3n) is 2.03. The molecule has 0 aliphatic rings. The maximum absolute atomic E-state index is 10.8. The first-order valence-corrected chi connectivity index (χ1v) is 5.63. The van der Waals surface area contributed by atoms with E-state index in [1.165, 1.54) is 13.2 Å². The Morgan fingerprint density at radius 3 is 2.76 bits per heavy atom. The predicted octanol–water partition coefficient (Wildman–Crippen LogP) is 2.78. The summed E-state index contributed by atoms with van der Waals surface area (Å²) in [6, 6.07) is 4.60. The lowest BCUT2D eigenvalue weighted by Crippen LogP contribution is -1.95. The molecular weight excluding hydrogens is 266 g/mol. The number of para-hydroxylation sites is 1. The van der Waals surface area contributed by atoms with E-state index in [0.29, 0.717) is 10.6 Å². The smallest absolute Gasteiger partial charge is 0.311 e. The lowest BCUT2D eigenvalue weighted by molar-refractivity contribution is -0.385. The Bertz CT molecular complexity index is 572. The molecule has 1 aromatic carbocycles. The molecule has 0 aliphatic carbocycles. The van der Waals surface area contributed by atoms with Crippen LogP contribution in [-0.2, 0) is 0 Å². The quantitative estimate of drug-likeness (QED) is 0.633. The number of rotatable bonds is 3. The molecule has 0 bridgehead atoms. The number of methoxy groups -OCH3 is 1. The molecule has 88 valence electrons. The van der Waals surface area contributed by atoms with Gasteiger partial charge in [-0.3, -0.25) is 10.1 Å². The molecule has 0 spiro atoms. The zero-order valence-electron chi connectivity index (χ0n) is 8.58. The molecule has 6 nitrogen and oxygen atoms in total. The van der Waals surface area contributed by atoms with Gasteiger partial charge in [0.15, 0.2) is 5.01 Å². The van der Waals surface area contributed by atoms with Crippen LogP contribution in [0, 0.1) is 10.1 Å². The highest BCUT2D eigenvalue weighted by molar-refractivity contribution is 7.18. The lowest BCUT2D eigenvalue weighted by Gasteiger charge is -2.05. The van der Waals surface area contributed by atoms with Gasteiger partial charge < -0.3 is 4.74 Å². The van der Waals surface area contributed by atoms with E-state index in [2.05, 4.69) is 10.2 Å². The van der Waals surface area contributed by atoms with Gasteiger partial charge in [0, 0.05) is 6.07 Å². The summed E-state index contributed by atoms with van der Waals surface area (Å²) in [5.74, 6) is 0.158. The second-order valence-corrected chi connectivity index (χ2v) is 4.53. The van der Waals surface area contributed by atoms with Crippen molar-refractivity contribution < 1.29 is 9.66 Å². The van der Waals surface area contributed by atoms with Crippen LogP contribution in [0.3, 0.4) is 0 Å². The second kappa shape index (κ2) is 4.64. The highest BCUT2D eigenvalue weighted by Gasteiger charge is 2.21. The predicted molar refractivity (Wildman–Crippen MR) is 63.6 cm³/mol. The summed E-state index contributed by atoms with van der Waals surface area (Å²) in [5, 5.41) is 18.8. The van der Waals surface area contributed by atoms with Gasteiger partial charge in [0.1, 0.15) is 0 Å². The lowest BCUT2D eigenvalue weighted by atomic mass is 10.2. The number of halogens is 1. The van der Waals surface area contributed by atoms with E-state index in [1.807, 2.05) is 0 Å². The van der Waals surface area contributed by atoms with Gasteiger partial charge in [-0.2, -0.15) is 0 Å². The SMILES string of the molecule is COc1c(-c2nnc(Cl)s2)cccc1[N+](=O)[O-]. The van der Waals surface area contributed by atoms with Crippen LogP contribution in [0.25, 0.3) is 10.6 Å². The first-order valence-electron chi connectivity index (χ1n) is 4.44. The van der Waals surface area contributed by atoms with E-state index in [0.717, 1.165) is 11.3 Å². The van der Waals surface area contributed by atoms with Crippen molar-refractivity contribution in [1.29, 1.82) is 0 Å². The number of ether oxygens (including phenoxy) is 1. The van der Waals surface area contributed by atoms with Crippen molar-refractivity contribution in [2.24, 2.45) is 0 Å². The number of nitrogens with zero attached hydrogens (tertiary/aromatic N) is 3. The van der Waals surface area contributed by atoms with Gasteiger partial charge >= 0.3 is 5.69 Å². The zero-order valence-corrected chi connectivity index (χ0v) is 10.2. The van der Waals surface area contributed by atoms with Gasteiger partial charge in [-0.05, 0) is 17.7 Å². The Hall–Kier alpha value is -1.73. The maximum Gasteiger partial charge on any atom is 0.311 e. The number of aromatic nitrogens is 2. The number of benzene rings is 1.